The molecule has 2 aliphatic rings. The number of hydrogen-bond acceptors (Lipinski definition) is 3. The number of urea groups is 1. The molecule has 20 heavy (non-hydrogen) atoms. The Kier molecular flexibility index (Phi) is 4.22. The lowest BCUT2D eigenvalue weighted by molar-refractivity contribution is -0.141. The molecule has 0 aromatic carbocycles. The summed E-state index contributed by atoms with van der Waals surface area (Å²) in [5, 5.41) is 14.8. The molecule has 2 rings (SSSR count). The first kappa shape index (κ1) is 15.1. The molecule has 2 fully saturated rings. The summed E-state index contributed by atoms with van der Waals surface area (Å²) < 4.78 is 5.35. The molecule has 0 aromatic heterocycles. The molecule has 3 N–H and O–H groups in total. The second-order valence-electron chi connectivity index (χ2n) is 6.50. The highest BCUT2D eigenvalue weighted by molar-refractivity contribution is 5.75. The summed E-state index contributed by atoms with van der Waals surface area (Å²) >= 11 is 0. The number of hydrogen-bond donors (Lipinski definition) is 3. The van der Waals surface area contributed by atoms with Crippen molar-refractivity contribution in [2.24, 2.45) is 11.3 Å². The topological polar surface area (TPSA) is 87.7 Å². The van der Waals surface area contributed by atoms with Crippen LogP contribution < -0.4 is 10.6 Å². The summed E-state index contributed by atoms with van der Waals surface area (Å²) in [4.78, 5) is 22.8. The van der Waals surface area contributed by atoms with Crippen LogP contribution in [0.2, 0.25) is 0 Å². The summed E-state index contributed by atoms with van der Waals surface area (Å²) in [5.74, 6) is -1.09. The van der Waals surface area contributed by atoms with E-state index in [1.165, 1.54) is 0 Å². The van der Waals surface area contributed by atoms with Gasteiger partial charge in [0, 0.05) is 24.6 Å². The van der Waals surface area contributed by atoms with E-state index in [9.17, 15) is 9.59 Å². The Morgan fingerprint density at radius 3 is 2.40 bits per heavy atom. The molecule has 2 saturated carbocycles. The average Bonchev–Trinajstić information content (AvgIpc) is 2.82. The second-order valence-corrected chi connectivity index (χ2v) is 6.50. The minimum absolute atomic E-state index is 0.0301. The lowest BCUT2D eigenvalue weighted by Crippen LogP contribution is -2.63. The fourth-order valence-electron chi connectivity index (χ4n) is 3.25. The number of methoxy groups -OCH3 is 1. The fourth-order valence-corrected chi connectivity index (χ4v) is 3.25. The van der Waals surface area contributed by atoms with Crippen LogP contribution in [0.3, 0.4) is 0 Å². The number of carbonyl (C=O) groups excluding carboxylic acids is 1. The zero-order chi connectivity index (χ0) is 14.9. The fraction of sp³-hybridized carbons (Fsp3) is 0.857. The van der Waals surface area contributed by atoms with Crippen LogP contribution in [0.1, 0.15) is 39.5 Å². The minimum Gasteiger partial charge on any atom is -0.481 e. The molecule has 0 aromatic rings. The maximum Gasteiger partial charge on any atom is 0.315 e. The number of rotatable bonds is 4. The van der Waals surface area contributed by atoms with Gasteiger partial charge in [0.2, 0.25) is 0 Å². The van der Waals surface area contributed by atoms with Gasteiger partial charge in [-0.15, -0.1) is 0 Å². The van der Waals surface area contributed by atoms with Crippen LogP contribution in [0.25, 0.3) is 0 Å². The van der Waals surface area contributed by atoms with Crippen molar-refractivity contribution in [1.82, 2.24) is 10.6 Å². The lowest BCUT2D eigenvalue weighted by atomic mass is 9.64. The van der Waals surface area contributed by atoms with Gasteiger partial charge < -0.3 is 20.5 Å². The smallest absolute Gasteiger partial charge is 0.315 e. The molecule has 0 aliphatic heterocycles. The third kappa shape index (κ3) is 2.90. The first-order chi connectivity index (χ1) is 9.34. The second kappa shape index (κ2) is 5.60. The summed E-state index contributed by atoms with van der Waals surface area (Å²) in [6, 6.07) is -0.129. The molecule has 0 bridgehead atoms. The summed E-state index contributed by atoms with van der Waals surface area (Å²) in [5.41, 5.74) is -0.0641. The number of carbonyl (C=O) groups is 2. The van der Waals surface area contributed by atoms with Crippen molar-refractivity contribution in [3.8, 4) is 0 Å². The van der Waals surface area contributed by atoms with Gasteiger partial charge in [-0.1, -0.05) is 13.8 Å². The van der Waals surface area contributed by atoms with Crippen molar-refractivity contribution < 1.29 is 19.4 Å². The van der Waals surface area contributed by atoms with Crippen LogP contribution in [0, 0.1) is 11.3 Å². The van der Waals surface area contributed by atoms with Crippen LogP contribution in [0.15, 0.2) is 0 Å². The van der Waals surface area contributed by atoms with Crippen LogP contribution in [0.4, 0.5) is 4.79 Å². The van der Waals surface area contributed by atoms with Crippen molar-refractivity contribution in [3.63, 3.8) is 0 Å². The highest BCUT2D eigenvalue weighted by Crippen LogP contribution is 2.42. The first-order valence-electron chi connectivity index (χ1n) is 7.17. The van der Waals surface area contributed by atoms with E-state index in [1.807, 2.05) is 0 Å². The molecule has 2 aliphatic carbocycles. The van der Waals surface area contributed by atoms with Gasteiger partial charge in [-0.2, -0.15) is 0 Å². The normalized spacial score (nSPS) is 35.1. The van der Waals surface area contributed by atoms with Crippen molar-refractivity contribution >= 4 is 12.0 Å². The molecule has 0 radical (unpaired) electrons. The first-order valence-corrected chi connectivity index (χ1v) is 7.17. The molecule has 0 spiro atoms. The van der Waals surface area contributed by atoms with Gasteiger partial charge in [0.1, 0.15) is 0 Å². The summed E-state index contributed by atoms with van der Waals surface area (Å²) in [6.45, 7) is 4.15. The standard InChI is InChI=1S/C14H24N2O4/c1-14(2)10(7-11(14)20-3)16-13(19)15-9-5-4-8(6-9)12(17)18/h8-11H,4-7H2,1-3H3,(H,17,18)(H2,15,16,19)/t8-,9+,10?,11?/m1/s1. The molecular formula is C14H24N2O4. The van der Waals surface area contributed by atoms with Gasteiger partial charge in [0.15, 0.2) is 0 Å². The SMILES string of the molecule is COC1CC(NC(=O)N[C@H]2CC[C@@H](C(=O)O)C2)C1(C)C. The summed E-state index contributed by atoms with van der Waals surface area (Å²) in [6.07, 6.45) is 2.90. The molecule has 0 saturated heterocycles. The predicted molar refractivity (Wildman–Crippen MR) is 73.4 cm³/mol. The molecule has 2 amide bonds. The highest BCUT2D eigenvalue weighted by atomic mass is 16.5. The third-order valence-corrected chi connectivity index (χ3v) is 4.88. The number of carboxylic acid groups (broad SMARTS) is 1. The van der Waals surface area contributed by atoms with Crippen LogP contribution in [-0.4, -0.2) is 42.4 Å². The van der Waals surface area contributed by atoms with Crippen molar-refractivity contribution in [2.75, 3.05) is 7.11 Å². The Bertz CT molecular complexity index is 397. The predicted octanol–water partition coefficient (Wildman–Crippen LogP) is 1.35. The number of amides is 2. The largest absolute Gasteiger partial charge is 0.481 e. The third-order valence-electron chi connectivity index (χ3n) is 4.88. The van der Waals surface area contributed by atoms with Crippen LogP contribution in [-0.2, 0) is 9.53 Å². The van der Waals surface area contributed by atoms with Crippen LogP contribution >= 0.6 is 0 Å². The monoisotopic (exact) mass is 284 g/mol. The Labute approximate surface area is 119 Å². The number of carboxylic acids is 1. The zero-order valence-corrected chi connectivity index (χ0v) is 12.3. The van der Waals surface area contributed by atoms with E-state index in [4.69, 9.17) is 9.84 Å². The maximum atomic E-state index is 12.0. The average molecular weight is 284 g/mol. The van der Waals surface area contributed by atoms with E-state index < -0.39 is 5.97 Å². The van der Waals surface area contributed by atoms with Gasteiger partial charge in [-0.3, -0.25) is 4.79 Å². The Morgan fingerprint density at radius 2 is 1.90 bits per heavy atom. The van der Waals surface area contributed by atoms with Gasteiger partial charge in [0.05, 0.1) is 12.0 Å². The van der Waals surface area contributed by atoms with E-state index in [2.05, 4.69) is 24.5 Å². The molecular weight excluding hydrogens is 260 g/mol. The van der Waals surface area contributed by atoms with E-state index >= 15 is 0 Å². The molecule has 6 heteroatoms. The maximum absolute atomic E-state index is 12.0. The van der Waals surface area contributed by atoms with Gasteiger partial charge in [0.25, 0.3) is 0 Å². The molecule has 4 atom stereocenters. The minimum atomic E-state index is -0.766. The van der Waals surface area contributed by atoms with Crippen molar-refractivity contribution in [2.45, 2.75) is 57.7 Å². The van der Waals surface area contributed by atoms with Crippen molar-refractivity contribution in [3.05, 3.63) is 0 Å². The van der Waals surface area contributed by atoms with E-state index in [1.54, 1.807) is 7.11 Å². The zero-order valence-electron chi connectivity index (χ0n) is 12.3. The highest BCUT2D eigenvalue weighted by Gasteiger charge is 2.49. The van der Waals surface area contributed by atoms with E-state index in [-0.39, 0.29) is 35.6 Å². The van der Waals surface area contributed by atoms with E-state index in [0.29, 0.717) is 12.8 Å². The van der Waals surface area contributed by atoms with E-state index in [0.717, 1.165) is 12.8 Å². The quantitative estimate of drug-likeness (QED) is 0.727. The van der Waals surface area contributed by atoms with Crippen LogP contribution in [0.5, 0.6) is 0 Å². The number of aliphatic carboxylic acids is 1. The number of ether oxygens (including phenoxy) is 1. The Balaban J connectivity index is 1.76. The summed E-state index contributed by atoms with van der Waals surface area (Å²) in [7, 11) is 1.69. The Morgan fingerprint density at radius 1 is 1.20 bits per heavy atom. The molecule has 2 unspecified atom stereocenters. The molecule has 6 nitrogen and oxygen atoms in total. The number of nitrogens with one attached hydrogen (secondary N) is 2. The van der Waals surface area contributed by atoms with Gasteiger partial charge in [-0.25, -0.2) is 4.79 Å². The Hall–Kier alpha value is -1.30. The van der Waals surface area contributed by atoms with Gasteiger partial charge in [-0.05, 0) is 25.7 Å². The molecule has 114 valence electrons. The lowest BCUT2D eigenvalue weighted by Gasteiger charge is -2.51. The van der Waals surface area contributed by atoms with Gasteiger partial charge >= 0.3 is 12.0 Å². The van der Waals surface area contributed by atoms with Crippen molar-refractivity contribution in [1.29, 1.82) is 0 Å². The molecule has 0 heterocycles.